The third-order valence-corrected chi connectivity index (χ3v) is 4.42. The summed E-state index contributed by atoms with van der Waals surface area (Å²) >= 11 is 0. The van der Waals surface area contributed by atoms with Gasteiger partial charge in [0.05, 0.1) is 19.3 Å². The van der Waals surface area contributed by atoms with Crippen LogP contribution in [0.4, 0.5) is 10.3 Å². The van der Waals surface area contributed by atoms with Gasteiger partial charge in [-0.1, -0.05) is 12.1 Å². The smallest absolute Gasteiger partial charge is 0.222 e. The third kappa shape index (κ3) is 4.07. The molecule has 24 heavy (non-hydrogen) atoms. The second kappa shape index (κ2) is 7.68. The lowest BCUT2D eigenvalue weighted by atomic mass is 10.0. The fourth-order valence-electron chi connectivity index (χ4n) is 2.83. The van der Waals surface area contributed by atoms with Gasteiger partial charge in [0.25, 0.3) is 0 Å². The maximum Gasteiger partial charge on any atom is 0.222 e. The number of halogens is 1. The van der Waals surface area contributed by atoms with Crippen LogP contribution in [0, 0.1) is 19.7 Å². The minimum atomic E-state index is -0.218. The van der Waals surface area contributed by atoms with Crippen LogP contribution in [0.15, 0.2) is 30.5 Å². The van der Waals surface area contributed by atoms with Gasteiger partial charge in [-0.05, 0) is 37.1 Å². The monoisotopic (exact) mass is 330 g/mol. The normalized spacial score (nSPS) is 16.8. The summed E-state index contributed by atoms with van der Waals surface area (Å²) in [6, 6.07) is 6.83. The average molecular weight is 330 g/mol. The van der Waals surface area contributed by atoms with Crippen molar-refractivity contribution in [3.05, 3.63) is 53.1 Å². The predicted molar refractivity (Wildman–Crippen MR) is 91.5 cm³/mol. The van der Waals surface area contributed by atoms with Crippen LogP contribution in [0.2, 0.25) is 0 Å². The Hall–Kier alpha value is -2.05. The first-order valence-electron chi connectivity index (χ1n) is 8.25. The summed E-state index contributed by atoms with van der Waals surface area (Å²) in [6.45, 7) is 7.79. The van der Waals surface area contributed by atoms with Crippen molar-refractivity contribution in [3.63, 3.8) is 0 Å². The highest BCUT2D eigenvalue weighted by Gasteiger charge is 2.22. The number of hydrogen-bond acceptors (Lipinski definition) is 5. The fourth-order valence-corrected chi connectivity index (χ4v) is 2.83. The molecule has 1 N–H and O–H groups in total. The van der Waals surface area contributed by atoms with E-state index in [1.165, 1.54) is 12.1 Å². The number of nitrogens with zero attached hydrogens (tertiary/aromatic N) is 3. The molecule has 1 aliphatic rings. The molecule has 1 atom stereocenters. The minimum Gasteiger partial charge on any atom is -0.379 e. The number of aryl methyl sites for hydroxylation is 2. The highest BCUT2D eigenvalue weighted by atomic mass is 19.1. The molecular weight excluding hydrogens is 307 g/mol. The van der Waals surface area contributed by atoms with Crippen LogP contribution in [0.1, 0.15) is 22.9 Å². The summed E-state index contributed by atoms with van der Waals surface area (Å²) in [6.07, 6.45) is 1.83. The van der Waals surface area contributed by atoms with Crippen LogP contribution >= 0.6 is 0 Å². The lowest BCUT2D eigenvalue weighted by molar-refractivity contribution is 0.0186. The van der Waals surface area contributed by atoms with Crippen molar-refractivity contribution in [2.45, 2.75) is 19.9 Å². The van der Waals surface area contributed by atoms with E-state index in [1.54, 1.807) is 0 Å². The van der Waals surface area contributed by atoms with E-state index in [1.807, 2.05) is 32.2 Å². The number of ether oxygens (including phenoxy) is 1. The Morgan fingerprint density at radius 2 is 1.92 bits per heavy atom. The second-order valence-corrected chi connectivity index (χ2v) is 6.06. The summed E-state index contributed by atoms with van der Waals surface area (Å²) in [7, 11) is 0. The van der Waals surface area contributed by atoms with Crippen LogP contribution in [0.25, 0.3) is 0 Å². The van der Waals surface area contributed by atoms with Gasteiger partial charge in [-0.2, -0.15) is 0 Å². The number of hydrogen-bond donors (Lipinski definition) is 1. The molecule has 0 aliphatic carbocycles. The first-order chi connectivity index (χ1) is 11.6. The molecule has 5 nitrogen and oxygen atoms in total. The van der Waals surface area contributed by atoms with Crippen molar-refractivity contribution in [2.75, 3.05) is 38.2 Å². The van der Waals surface area contributed by atoms with E-state index in [4.69, 9.17) is 4.74 Å². The van der Waals surface area contributed by atoms with Gasteiger partial charge in [0.2, 0.25) is 5.95 Å². The molecule has 0 spiro atoms. The molecule has 1 aliphatic heterocycles. The quantitative estimate of drug-likeness (QED) is 0.913. The lowest BCUT2D eigenvalue weighted by Gasteiger charge is -2.35. The van der Waals surface area contributed by atoms with Gasteiger partial charge >= 0.3 is 0 Å². The largest absolute Gasteiger partial charge is 0.379 e. The molecule has 0 bridgehead atoms. The number of nitrogens with one attached hydrogen (secondary N) is 1. The van der Waals surface area contributed by atoms with Gasteiger partial charge in [0.15, 0.2) is 0 Å². The fraction of sp³-hybridized carbons (Fsp3) is 0.444. The Kier molecular flexibility index (Phi) is 5.37. The first kappa shape index (κ1) is 16.8. The second-order valence-electron chi connectivity index (χ2n) is 6.06. The Morgan fingerprint density at radius 1 is 1.21 bits per heavy atom. The predicted octanol–water partition coefficient (Wildman–Crippen LogP) is 2.72. The summed E-state index contributed by atoms with van der Waals surface area (Å²) in [5, 5.41) is 3.32. The van der Waals surface area contributed by atoms with Gasteiger partial charge in [-0.15, -0.1) is 0 Å². The molecule has 2 heterocycles. The molecule has 1 saturated heterocycles. The molecule has 2 aromatic rings. The number of morpholine rings is 1. The molecule has 1 fully saturated rings. The molecule has 1 aromatic carbocycles. The number of rotatable bonds is 5. The number of anilines is 1. The lowest BCUT2D eigenvalue weighted by Crippen LogP contribution is -2.41. The van der Waals surface area contributed by atoms with Gasteiger partial charge in [-0.3, -0.25) is 4.90 Å². The molecule has 0 amide bonds. The zero-order valence-corrected chi connectivity index (χ0v) is 14.1. The minimum absolute atomic E-state index is 0.125. The highest BCUT2D eigenvalue weighted by Crippen LogP contribution is 2.22. The van der Waals surface area contributed by atoms with E-state index < -0.39 is 0 Å². The number of aromatic nitrogens is 2. The highest BCUT2D eigenvalue weighted by molar-refractivity contribution is 5.30. The zero-order valence-electron chi connectivity index (χ0n) is 14.1. The maximum atomic E-state index is 13.3. The van der Waals surface area contributed by atoms with Crippen molar-refractivity contribution >= 4 is 5.95 Å². The van der Waals surface area contributed by atoms with Gasteiger partial charge in [-0.25, -0.2) is 14.4 Å². The Labute approximate surface area is 141 Å². The Balaban J connectivity index is 1.76. The van der Waals surface area contributed by atoms with E-state index in [9.17, 15) is 4.39 Å². The van der Waals surface area contributed by atoms with E-state index in [-0.39, 0.29) is 11.9 Å². The zero-order chi connectivity index (χ0) is 16.9. The van der Waals surface area contributed by atoms with Crippen molar-refractivity contribution in [1.82, 2.24) is 14.9 Å². The number of benzene rings is 1. The van der Waals surface area contributed by atoms with Gasteiger partial charge < -0.3 is 10.1 Å². The first-order valence-corrected chi connectivity index (χ1v) is 8.25. The summed E-state index contributed by atoms with van der Waals surface area (Å²) in [5.74, 6) is 0.406. The average Bonchev–Trinajstić information content (AvgIpc) is 2.60. The molecule has 6 heteroatoms. The third-order valence-electron chi connectivity index (χ3n) is 4.42. The standard InChI is InChI=1S/C18H23FN4O/c1-13-11-20-18(22-14(13)2)21-12-17(23-7-9-24-10-8-23)15-3-5-16(19)6-4-15/h3-6,11,17H,7-10,12H2,1-2H3,(H,20,21,22). The SMILES string of the molecule is Cc1cnc(NCC(c2ccc(F)cc2)N2CCOCC2)nc1C. The maximum absolute atomic E-state index is 13.3. The summed E-state index contributed by atoms with van der Waals surface area (Å²) in [4.78, 5) is 11.2. The van der Waals surface area contributed by atoms with E-state index in [2.05, 4.69) is 20.2 Å². The van der Waals surface area contributed by atoms with Crippen molar-refractivity contribution < 1.29 is 9.13 Å². The molecule has 0 saturated carbocycles. The van der Waals surface area contributed by atoms with Crippen molar-refractivity contribution in [1.29, 1.82) is 0 Å². The molecule has 0 radical (unpaired) electrons. The van der Waals surface area contributed by atoms with E-state index >= 15 is 0 Å². The van der Waals surface area contributed by atoms with Crippen LogP contribution in [-0.2, 0) is 4.74 Å². The van der Waals surface area contributed by atoms with Gasteiger partial charge in [0, 0.05) is 31.5 Å². The van der Waals surface area contributed by atoms with Crippen LogP contribution in [0.3, 0.4) is 0 Å². The van der Waals surface area contributed by atoms with E-state index in [0.717, 1.165) is 43.1 Å². The van der Waals surface area contributed by atoms with Crippen LogP contribution in [-0.4, -0.2) is 47.7 Å². The van der Waals surface area contributed by atoms with Crippen molar-refractivity contribution in [2.24, 2.45) is 0 Å². The molecule has 1 unspecified atom stereocenters. The molecule has 128 valence electrons. The van der Waals surface area contributed by atoms with Crippen LogP contribution in [0.5, 0.6) is 0 Å². The van der Waals surface area contributed by atoms with Gasteiger partial charge in [0.1, 0.15) is 5.82 Å². The van der Waals surface area contributed by atoms with E-state index in [0.29, 0.717) is 12.5 Å². The summed E-state index contributed by atoms with van der Waals surface area (Å²) < 4.78 is 18.7. The summed E-state index contributed by atoms with van der Waals surface area (Å²) in [5.41, 5.74) is 3.12. The molecule has 3 rings (SSSR count). The molecular formula is C18H23FN4O. The Bertz CT molecular complexity index is 671. The Morgan fingerprint density at radius 3 is 2.58 bits per heavy atom. The van der Waals surface area contributed by atoms with Crippen molar-refractivity contribution in [3.8, 4) is 0 Å². The topological polar surface area (TPSA) is 50.3 Å². The molecule has 1 aromatic heterocycles. The van der Waals surface area contributed by atoms with Crippen LogP contribution < -0.4 is 5.32 Å².